The van der Waals surface area contributed by atoms with E-state index in [1.807, 2.05) is 19.1 Å². The van der Waals surface area contributed by atoms with Crippen LogP contribution in [-0.2, 0) is 0 Å². The lowest BCUT2D eigenvalue weighted by atomic mass is 10.1. The van der Waals surface area contributed by atoms with Crippen molar-refractivity contribution >= 4 is 15.9 Å². The van der Waals surface area contributed by atoms with Gasteiger partial charge in [-0.25, -0.2) is 0 Å². The Labute approximate surface area is 75.7 Å². The van der Waals surface area contributed by atoms with Gasteiger partial charge in [-0.1, -0.05) is 28.1 Å². The molecule has 1 rings (SSSR count). The summed E-state index contributed by atoms with van der Waals surface area (Å²) in [7, 11) is 0. The first-order chi connectivity index (χ1) is 5.11. The Morgan fingerprint density at radius 2 is 2.09 bits per heavy atom. The predicted octanol–water partition coefficient (Wildman–Crippen LogP) is 2.78. The Balaban J connectivity index is 3.05. The van der Waals surface area contributed by atoms with Crippen molar-refractivity contribution in [3.63, 3.8) is 0 Å². The summed E-state index contributed by atoms with van der Waals surface area (Å²) >= 11 is 3.44. The van der Waals surface area contributed by atoms with Gasteiger partial charge in [-0.15, -0.1) is 0 Å². The molecule has 0 aliphatic carbocycles. The average molecular weight is 214 g/mol. The fourth-order valence-electron chi connectivity index (χ4n) is 0.951. The Morgan fingerprint density at radius 3 is 2.55 bits per heavy atom. The van der Waals surface area contributed by atoms with Gasteiger partial charge in [0.25, 0.3) is 0 Å². The fourth-order valence-corrected chi connectivity index (χ4v) is 1.20. The highest BCUT2D eigenvalue weighted by Gasteiger charge is 2.00. The fraction of sp³-hybridized carbons (Fsp3) is 0.333. The molecule has 0 fully saturated rings. The topological polar surface area (TPSA) is 26.0 Å². The average Bonchev–Trinajstić information content (AvgIpc) is 1.94. The zero-order chi connectivity index (χ0) is 8.43. The number of halogens is 1. The van der Waals surface area contributed by atoms with Gasteiger partial charge in [-0.05, 0) is 31.0 Å². The van der Waals surface area contributed by atoms with Crippen LogP contribution in [0.4, 0.5) is 0 Å². The van der Waals surface area contributed by atoms with E-state index in [4.69, 9.17) is 5.73 Å². The first kappa shape index (κ1) is 8.75. The molecule has 2 heteroatoms. The summed E-state index contributed by atoms with van der Waals surface area (Å²) in [5.74, 6) is 0. The van der Waals surface area contributed by atoms with E-state index >= 15 is 0 Å². The van der Waals surface area contributed by atoms with E-state index in [-0.39, 0.29) is 6.04 Å². The second-order valence-corrected chi connectivity index (χ2v) is 3.65. The van der Waals surface area contributed by atoms with Gasteiger partial charge in [0.1, 0.15) is 0 Å². The van der Waals surface area contributed by atoms with Gasteiger partial charge in [0.15, 0.2) is 0 Å². The van der Waals surface area contributed by atoms with Crippen LogP contribution in [0.25, 0.3) is 0 Å². The standard InChI is InChI=1S/C9H12BrN/c1-6-5-8(7(2)11)3-4-9(6)10/h3-5,7H,11H2,1-2H3/t7-/m0/s1. The van der Waals surface area contributed by atoms with Gasteiger partial charge in [0.2, 0.25) is 0 Å². The van der Waals surface area contributed by atoms with Crippen LogP contribution in [0.1, 0.15) is 24.1 Å². The minimum absolute atomic E-state index is 0.127. The first-order valence-electron chi connectivity index (χ1n) is 3.63. The number of aryl methyl sites for hydroxylation is 1. The van der Waals surface area contributed by atoms with Gasteiger partial charge < -0.3 is 5.73 Å². The van der Waals surface area contributed by atoms with Gasteiger partial charge >= 0.3 is 0 Å². The molecule has 0 aromatic heterocycles. The lowest BCUT2D eigenvalue weighted by Crippen LogP contribution is -2.04. The Kier molecular flexibility index (Phi) is 2.68. The third-order valence-corrected chi connectivity index (χ3v) is 2.60. The summed E-state index contributed by atoms with van der Waals surface area (Å²) in [6.45, 7) is 4.05. The third-order valence-electron chi connectivity index (χ3n) is 1.71. The highest BCUT2D eigenvalue weighted by molar-refractivity contribution is 9.10. The van der Waals surface area contributed by atoms with Gasteiger partial charge in [0.05, 0.1) is 0 Å². The number of hydrogen-bond acceptors (Lipinski definition) is 1. The molecule has 0 saturated carbocycles. The molecular formula is C9H12BrN. The maximum Gasteiger partial charge on any atom is 0.0266 e. The summed E-state index contributed by atoms with van der Waals surface area (Å²) in [6, 6.07) is 6.31. The zero-order valence-electron chi connectivity index (χ0n) is 6.76. The molecule has 1 nitrogen and oxygen atoms in total. The molecule has 1 aromatic carbocycles. The van der Waals surface area contributed by atoms with E-state index in [9.17, 15) is 0 Å². The molecule has 0 unspecified atom stereocenters. The van der Waals surface area contributed by atoms with E-state index in [2.05, 4.69) is 28.9 Å². The van der Waals surface area contributed by atoms with E-state index in [0.717, 1.165) is 4.47 Å². The van der Waals surface area contributed by atoms with Gasteiger partial charge in [0, 0.05) is 10.5 Å². The van der Waals surface area contributed by atoms with Crippen LogP contribution in [0.5, 0.6) is 0 Å². The molecule has 0 aliphatic rings. The smallest absolute Gasteiger partial charge is 0.0266 e. The maximum atomic E-state index is 5.72. The summed E-state index contributed by atoms with van der Waals surface area (Å²) < 4.78 is 1.14. The summed E-state index contributed by atoms with van der Waals surface area (Å²) in [4.78, 5) is 0. The van der Waals surface area contributed by atoms with Crippen molar-refractivity contribution in [2.45, 2.75) is 19.9 Å². The SMILES string of the molecule is Cc1cc([C@H](C)N)ccc1Br. The van der Waals surface area contributed by atoms with Crippen molar-refractivity contribution in [1.29, 1.82) is 0 Å². The van der Waals surface area contributed by atoms with Crippen LogP contribution in [0.2, 0.25) is 0 Å². The lowest BCUT2D eigenvalue weighted by Gasteiger charge is -2.06. The lowest BCUT2D eigenvalue weighted by molar-refractivity contribution is 0.816. The van der Waals surface area contributed by atoms with Crippen molar-refractivity contribution in [1.82, 2.24) is 0 Å². The molecule has 1 aromatic rings. The molecule has 0 saturated heterocycles. The minimum Gasteiger partial charge on any atom is -0.324 e. The van der Waals surface area contributed by atoms with E-state index < -0.39 is 0 Å². The zero-order valence-corrected chi connectivity index (χ0v) is 8.35. The second-order valence-electron chi connectivity index (χ2n) is 2.80. The largest absolute Gasteiger partial charge is 0.324 e. The highest BCUT2D eigenvalue weighted by Crippen LogP contribution is 2.19. The Hall–Kier alpha value is -0.340. The van der Waals surface area contributed by atoms with Crippen LogP contribution in [0.15, 0.2) is 22.7 Å². The number of hydrogen-bond donors (Lipinski definition) is 1. The van der Waals surface area contributed by atoms with Crippen molar-refractivity contribution in [2.24, 2.45) is 5.73 Å². The maximum absolute atomic E-state index is 5.72. The molecule has 11 heavy (non-hydrogen) atoms. The van der Waals surface area contributed by atoms with Crippen LogP contribution in [0.3, 0.4) is 0 Å². The van der Waals surface area contributed by atoms with Crippen LogP contribution in [-0.4, -0.2) is 0 Å². The van der Waals surface area contributed by atoms with Crippen LogP contribution in [0, 0.1) is 6.92 Å². The van der Waals surface area contributed by atoms with E-state index in [1.54, 1.807) is 0 Å². The predicted molar refractivity (Wildman–Crippen MR) is 51.5 cm³/mol. The molecule has 60 valence electrons. The summed E-state index contributed by atoms with van der Waals surface area (Å²) in [6.07, 6.45) is 0. The molecular weight excluding hydrogens is 202 g/mol. The second kappa shape index (κ2) is 3.37. The summed E-state index contributed by atoms with van der Waals surface area (Å²) in [5.41, 5.74) is 8.14. The van der Waals surface area contributed by atoms with Gasteiger partial charge in [-0.3, -0.25) is 0 Å². The molecule has 0 aliphatic heterocycles. The molecule has 0 amide bonds. The quantitative estimate of drug-likeness (QED) is 0.764. The normalized spacial score (nSPS) is 13.1. The van der Waals surface area contributed by atoms with Crippen LogP contribution >= 0.6 is 15.9 Å². The van der Waals surface area contributed by atoms with Crippen molar-refractivity contribution in [3.8, 4) is 0 Å². The van der Waals surface area contributed by atoms with Crippen molar-refractivity contribution < 1.29 is 0 Å². The Morgan fingerprint density at radius 1 is 1.45 bits per heavy atom. The number of nitrogens with two attached hydrogens (primary N) is 1. The Bertz CT molecular complexity index is 256. The van der Waals surface area contributed by atoms with E-state index in [1.165, 1.54) is 11.1 Å². The molecule has 0 bridgehead atoms. The molecule has 0 heterocycles. The number of rotatable bonds is 1. The molecule has 2 N–H and O–H groups in total. The third kappa shape index (κ3) is 2.04. The van der Waals surface area contributed by atoms with Crippen LogP contribution < -0.4 is 5.73 Å². The highest BCUT2D eigenvalue weighted by atomic mass is 79.9. The molecule has 0 radical (unpaired) electrons. The number of benzene rings is 1. The van der Waals surface area contributed by atoms with Crippen molar-refractivity contribution in [3.05, 3.63) is 33.8 Å². The monoisotopic (exact) mass is 213 g/mol. The summed E-state index contributed by atoms with van der Waals surface area (Å²) in [5, 5.41) is 0. The molecule has 1 atom stereocenters. The van der Waals surface area contributed by atoms with Gasteiger partial charge in [-0.2, -0.15) is 0 Å². The first-order valence-corrected chi connectivity index (χ1v) is 4.42. The van der Waals surface area contributed by atoms with E-state index in [0.29, 0.717) is 0 Å². The van der Waals surface area contributed by atoms with Crippen molar-refractivity contribution in [2.75, 3.05) is 0 Å². The molecule has 0 spiro atoms. The minimum atomic E-state index is 0.127.